The van der Waals surface area contributed by atoms with Gasteiger partial charge in [-0.05, 0) is 37.5 Å². The fourth-order valence-corrected chi connectivity index (χ4v) is 3.48. The van der Waals surface area contributed by atoms with Gasteiger partial charge in [-0.25, -0.2) is 4.39 Å². The van der Waals surface area contributed by atoms with Gasteiger partial charge >= 0.3 is 5.97 Å². The number of nitrogens with zero attached hydrogens (tertiary/aromatic N) is 1. The summed E-state index contributed by atoms with van der Waals surface area (Å²) in [6.45, 7) is 8.36. The van der Waals surface area contributed by atoms with Crippen molar-refractivity contribution in [3.63, 3.8) is 0 Å². The summed E-state index contributed by atoms with van der Waals surface area (Å²) in [7, 11) is 0. The first-order chi connectivity index (χ1) is 13.6. The summed E-state index contributed by atoms with van der Waals surface area (Å²) in [6, 6.07) is 6.51. The topological polar surface area (TPSA) is 82.7 Å². The third-order valence-corrected chi connectivity index (χ3v) is 4.78. The highest BCUT2D eigenvalue weighted by atomic mass is 19.1. The number of rotatable bonds is 9. The van der Waals surface area contributed by atoms with E-state index in [2.05, 4.69) is 32.3 Å². The summed E-state index contributed by atoms with van der Waals surface area (Å²) in [6.07, 6.45) is 2.86. The van der Waals surface area contributed by atoms with Crippen LogP contribution >= 0.6 is 0 Å². The van der Waals surface area contributed by atoms with E-state index >= 15 is 0 Å². The van der Waals surface area contributed by atoms with E-state index in [1.165, 1.54) is 12.1 Å². The van der Waals surface area contributed by atoms with Gasteiger partial charge in [0.1, 0.15) is 5.82 Å². The maximum Gasteiger partial charge on any atom is 0.305 e. The van der Waals surface area contributed by atoms with E-state index < -0.39 is 24.6 Å². The molecule has 0 radical (unpaired) electrons. The molecule has 1 aromatic heterocycles. The molecule has 29 heavy (non-hydrogen) atoms. The van der Waals surface area contributed by atoms with Crippen LogP contribution in [0.2, 0.25) is 0 Å². The Hall–Kier alpha value is -2.44. The van der Waals surface area contributed by atoms with Crippen LogP contribution in [0.25, 0.3) is 17.2 Å². The lowest BCUT2D eigenvalue weighted by molar-refractivity contribution is -0.139. The van der Waals surface area contributed by atoms with Gasteiger partial charge in [0.25, 0.3) is 0 Å². The van der Waals surface area contributed by atoms with Crippen molar-refractivity contribution in [1.29, 1.82) is 0 Å². The van der Waals surface area contributed by atoms with Crippen molar-refractivity contribution in [2.45, 2.75) is 64.7 Å². The molecule has 1 aromatic carbocycles. The number of benzene rings is 1. The van der Waals surface area contributed by atoms with Crippen LogP contribution in [0.3, 0.4) is 0 Å². The molecule has 2 aromatic rings. The molecular formula is C23H30FNO4. The van der Waals surface area contributed by atoms with Crippen molar-refractivity contribution < 1.29 is 24.5 Å². The molecule has 0 aliphatic heterocycles. The molecule has 0 bridgehead atoms. The smallest absolute Gasteiger partial charge is 0.305 e. The van der Waals surface area contributed by atoms with Crippen molar-refractivity contribution in [3.05, 3.63) is 53.6 Å². The van der Waals surface area contributed by atoms with Crippen LogP contribution in [-0.4, -0.2) is 38.1 Å². The van der Waals surface area contributed by atoms with Crippen molar-refractivity contribution >= 4 is 12.0 Å². The minimum absolute atomic E-state index is 0.0589. The van der Waals surface area contributed by atoms with Gasteiger partial charge in [0, 0.05) is 35.5 Å². The molecule has 6 heteroatoms. The number of aromatic nitrogens is 1. The van der Waals surface area contributed by atoms with E-state index in [1.807, 2.05) is 12.3 Å². The standard InChI is InChI=1S/C23H30FNO4/c1-14(2)23-20(10-9-18(26)11-19(27)12-22(28)29)21(13-25(23)15(3)4)16-5-7-17(24)8-6-16/h5-10,13-15,18-19,26-27H,11-12H2,1-4H3,(H,28,29)/b10-9+/t18-,19-/m1/s1. The molecule has 0 amide bonds. The Morgan fingerprint density at radius 2 is 1.76 bits per heavy atom. The van der Waals surface area contributed by atoms with E-state index in [0.717, 1.165) is 22.4 Å². The number of aliphatic hydroxyl groups is 2. The van der Waals surface area contributed by atoms with Gasteiger partial charge in [-0.2, -0.15) is 0 Å². The lowest BCUT2D eigenvalue weighted by atomic mass is 9.97. The molecule has 0 aliphatic carbocycles. The zero-order valence-corrected chi connectivity index (χ0v) is 17.3. The fourth-order valence-electron chi connectivity index (χ4n) is 3.48. The largest absolute Gasteiger partial charge is 0.481 e. The molecule has 0 unspecified atom stereocenters. The lowest BCUT2D eigenvalue weighted by Crippen LogP contribution is -2.19. The SMILES string of the molecule is CC(C)c1c(/C=C/[C@@H](O)C[C@@H](O)CC(=O)O)c(-c2ccc(F)cc2)cn1C(C)C. The van der Waals surface area contributed by atoms with Gasteiger partial charge in [-0.3, -0.25) is 4.79 Å². The predicted octanol–water partition coefficient (Wildman–Crippen LogP) is 4.60. The van der Waals surface area contributed by atoms with Crippen molar-refractivity contribution in [2.75, 3.05) is 0 Å². The average molecular weight is 403 g/mol. The highest BCUT2D eigenvalue weighted by Gasteiger charge is 2.20. The van der Waals surface area contributed by atoms with Crippen LogP contribution in [-0.2, 0) is 4.79 Å². The first-order valence-electron chi connectivity index (χ1n) is 9.86. The number of carboxylic acids is 1. The lowest BCUT2D eigenvalue weighted by Gasteiger charge is -2.17. The minimum Gasteiger partial charge on any atom is -0.481 e. The molecule has 3 N–H and O–H groups in total. The van der Waals surface area contributed by atoms with E-state index in [4.69, 9.17) is 5.11 Å². The second-order valence-corrected chi connectivity index (χ2v) is 7.92. The number of aliphatic carboxylic acids is 1. The van der Waals surface area contributed by atoms with E-state index in [9.17, 15) is 19.4 Å². The summed E-state index contributed by atoms with van der Waals surface area (Å²) >= 11 is 0. The molecule has 0 spiro atoms. The summed E-state index contributed by atoms with van der Waals surface area (Å²) < 4.78 is 15.6. The monoisotopic (exact) mass is 403 g/mol. The molecule has 2 atom stereocenters. The summed E-state index contributed by atoms with van der Waals surface area (Å²) in [5, 5.41) is 28.7. The molecular weight excluding hydrogens is 373 g/mol. The Labute approximate surface area is 171 Å². The van der Waals surface area contributed by atoms with Crippen LogP contribution in [0, 0.1) is 5.82 Å². The van der Waals surface area contributed by atoms with Gasteiger partial charge in [0.15, 0.2) is 0 Å². The first-order valence-corrected chi connectivity index (χ1v) is 9.86. The van der Waals surface area contributed by atoms with Gasteiger partial charge in [-0.15, -0.1) is 0 Å². The zero-order chi connectivity index (χ0) is 21.7. The molecule has 0 aliphatic rings. The number of carbonyl (C=O) groups is 1. The van der Waals surface area contributed by atoms with Crippen LogP contribution in [0.5, 0.6) is 0 Å². The van der Waals surface area contributed by atoms with Crippen LogP contribution in [0.4, 0.5) is 4.39 Å². The minimum atomic E-state index is -1.12. The second-order valence-electron chi connectivity index (χ2n) is 7.92. The number of carboxylic acid groups (broad SMARTS) is 1. The van der Waals surface area contributed by atoms with Crippen LogP contribution in [0.1, 0.15) is 63.8 Å². The third-order valence-electron chi connectivity index (χ3n) is 4.78. The first kappa shape index (κ1) is 22.8. The zero-order valence-electron chi connectivity index (χ0n) is 17.3. The second kappa shape index (κ2) is 9.85. The summed E-state index contributed by atoms with van der Waals surface area (Å²) in [5.74, 6) is -1.20. The van der Waals surface area contributed by atoms with Crippen LogP contribution < -0.4 is 0 Å². The normalized spacial score (nSPS) is 14.1. The Balaban J connectivity index is 2.44. The average Bonchev–Trinajstić information content (AvgIpc) is 2.99. The van der Waals surface area contributed by atoms with Gasteiger partial charge in [0.05, 0.1) is 18.6 Å². The van der Waals surface area contributed by atoms with E-state index in [-0.39, 0.29) is 24.2 Å². The number of aliphatic hydroxyl groups excluding tert-OH is 2. The number of hydrogen-bond donors (Lipinski definition) is 3. The Morgan fingerprint density at radius 1 is 1.14 bits per heavy atom. The van der Waals surface area contributed by atoms with Gasteiger partial charge in [0.2, 0.25) is 0 Å². The highest BCUT2D eigenvalue weighted by Crippen LogP contribution is 2.35. The predicted molar refractivity (Wildman–Crippen MR) is 112 cm³/mol. The number of hydrogen-bond acceptors (Lipinski definition) is 3. The molecule has 5 nitrogen and oxygen atoms in total. The van der Waals surface area contributed by atoms with Gasteiger partial charge < -0.3 is 19.9 Å². The Morgan fingerprint density at radius 3 is 2.28 bits per heavy atom. The molecule has 1 heterocycles. The summed E-state index contributed by atoms with van der Waals surface area (Å²) in [4.78, 5) is 10.7. The molecule has 0 saturated heterocycles. The molecule has 0 fully saturated rings. The molecule has 2 rings (SSSR count). The highest BCUT2D eigenvalue weighted by molar-refractivity contribution is 5.77. The van der Waals surface area contributed by atoms with E-state index in [0.29, 0.717) is 0 Å². The van der Waals surface area contributed by atoms with Gasteiger partial charge in [-0.1, -0.05) is 38.1 Å². The quantitative estimate of drug-likeness (QED) is 0.571. The van der Waals surface area contributed by atoms with Crippen molar-refractivity contribution in [3.8, 4) is 11.1 Å². The maximum atomic E-state index is 13.4. The molecule has 158 valence electrons. The van der Waals surface area contributed by atoms with Crippen LogP contribution in [0.15, 0.2) is 36.5 Å². The maximum absolute atomic E-state index is 13.4. The Kier molecular flexibility index (Phi) is 7.76. The van der Waals surface area contributed by atoms with Crippen molar-refractivity contribution in [1.82, 2.24) is 4.57 Å². The number of halogens is 1. The fraction of sp³-hybridized carbons (Fsp3) is 0.435. The third kappa shape index (κ3) is 6.02. The molecule has 0 saturated carbocycles. The summed E-state index contributed by atoms with van der Waals surface area (Å²) in [5.41, 5.74) is 3.81. The Bertz CT molecular complexity index is 853. The van der Waals surface area contributed by atoms with Crippen molar-refractivity contribution in [2.24, 2.45) is 0 Å². The van der Waals surface area contributed by atoms with E-state index in [1.54, 1.807) is 18.2 Å².